The van der Waals surface area contributed by atoms with Crippen molar-refractivity contribution in [1.82, 2.24) is 0 Å². The second-order valence-corrected chi connectivity index (χ2v) is 31.8. The van der Waals surface area contributed by atoms with E-state index in [9.17, 15) is 0 Å². The van der Waals surface area contributed by atoms with Gasteiger partial charge in [0.15, 0.2) is 0 Å². The molecule has 0 aromatic heterocycles. The number of hydrogen-bond acceptors (Lipinski definition) is 2. The Hall–Kier alpha value is -1.12. The number of aliphatic imine (C=N–C) groups is 2. The van der Waals surface area contributed by atoms with Gasteiger partial charge in [-0.1, -0.05) is 244 Å². The van der Waals surface area contributed by atoms with Gasteiger partial charge in [-0.3, -0.25) is 9.98 Å². The van der Waals surface area contributed by atoms with E-state index in [1.165, 1.54) is 208 Å². The summed E-state index contributed by atoms with van der Waals surface area (Å²) in [6.07, 6.45) is 41.0. The second-order valence-electron chi connectivity index (χ2n) is 20.6. The first-order valence-electron chi connectivity index (χ1n) is 25.3. The Morgan fingerprint density at radius 3 is 0.881 bits per heavy atom. The van der Waals surface area contributed by atoms with Crippen LogP contribution in [0.4, 0.5) is 11.4 Å². The Kier molecular flexibility index (Phi) is 33.5. The summed E-state index contributed by atoms with van der Waals surface area (Å²) in [5.74, 6) is 0. The summed E-state index contributed by atoms with van der Waals surface area (Å²) in [6.45, 7) is 19.4. The summed E-state index contributed by atoms with van der Waals surface area (Å²) in [4.78, 5) is 10.7. The predicted octanol–water partition coefficient (Wildman–Crippen LogP) is 19.3. The van der Waals surface area contributed by atoms with Gasteiger partial charge in [-0.25, -0.2) is 0 Å². The minimum Gasteiger partial charge on any atom is -0.252 e. The number of benzene rings is 2. The predicted molar refractivity (Wildman–Crippen MR) is 271 cm³/mol. The molecule has 0 saturated heterocycles. The van der Waals surface area contributed by atoms with Gasteiger partial charge >= 0.3 is 0 Å². The Balaban J connectivity index is 0.0000174. The first-order valence-corrected chi connectivity index (χ1v) is 32.7. The van der Waals surface area contributed by atoms with E-state index in [0.717, 1.165) is 30.6 Å². The molecule has 0 aliphatic carbocycles. The van der Waals surface area contributed by atoms with E-state index in [4.69, 9.17) is 9.98 Å². The molecule has 59 heavy (non-hydrogen) atoms. The van der Waals surface area contributed by atoms with Gasteiger partial charge in [0.05, 0.1) is 22.8 Å². The van der Waals surface area contributed by atoms with Gasteiger partial charge in [0.2, 0.25) is 0 Å². The molecule has 0 atom stereocenters. The summed E-state index contributed by atoms with van der Waals surface area (Å²) < 4.78 is 0. The molecule has 0 fully saturated rings. The first kappa shape index (κ1) is 55.9. The Morgan fingerprint density at radius 2 is 0.610 bits per heavy atom. The normalized spacial score (nSPS) is 12.6. The van der Waals surface area contributed by atoms with Gasteiger partial charge < -0.3 is 0 Å². The number of nitrogens with zero attached hydrogens (tertiary/aromatic N) is 2. The maximum Gasteiger partial charge on any atom is 0.0633 e. The van der Waals surface area contributed by atoms with Gasteiger partial charge in [-0.2, -0.15) is 0 Å². The summed E-state index contributed by atoms with van der Waals surface area (Å²) in [5.41, 5.74) is 7.47. The van der Waals surface area contributed by atoms with Gasteiger partial charge in [0.25, 0.3) is 0 Å². The Bertz CT molecular complexity index is 1320. The van der Waals surface area contributed by atoms with Gasteiger partial charge in [0, 0.05) is 36.6 Å². The van der Waals surface area contributed by atoms with Crippen molar-refractivity contribution in [2.24, 2.45) is 9.98 Å². The molecule has 2 rings (SSSR count). The molecule has 0 amide bonds. The molecule has 340 valence electrons. The van der Waals surface area contributed by atoms with Gasteiger partial charge in [0.1, 0.15) is 0 Å². The number of unbranched alkanes of at least 4 members (excludes halogenated alkanes) is 24. The molecule has 0 aliphatic rings. The summed E-state index contributed by atoms with van der Waals surface area (Å²) in [6, 6.07) is 20.9. The molecule has 2 aromatic rings. The van der Waals surface area contributed by atoms with Crippen LogP contribution in [0.2, 0.25) is 51.4 Å². The zero-order valence-electron chi connectivity index (χ0n) is 40.5. The number of aryl methyl sites for hydroxylation is 2. The van der Waals surface area contributed by atoms with Crippen LogP contribution in [0.15, 0.2) is 58.5 Å². The van der Waals surface area contributed by atoms with Crippen LogP contribution in [0.3, 0.4) is 0 Å². The SMILES string of the molecule is CCCCCCCCCCCCCCCCCCCCCCCCCCC(=Nc1ccc(CC[Si](C)(C)C)cc1)C(CCCC)=Nc1ccc(CC[Si](C)(C)C)cc1.[Pd]. The fraction of sp³-hybridized carbons (Fsp3) is 0.741. The van der Waals surface area contributed by atoms with Crippen molar-refractivity contribution in [3.63, 3.8) is 0 Å². The molecule has 0 saturated carbocycles. The molecule has 0 heterocycles. The van der Waals surface area contributed by atoms with E-state index < -0.39 is 16.1 Å². The molecule has 5 heteroatoms. The smallest absolute Gasteiger partial charge is 0.0633 e. The Labute approximate surface area is 384 Å². The van der Waals surface area contributed by atoms with Crippen molar-refractivity contribution in [2.75, 3.05) is 0 Å². The monoisotopic (exact) mass is 935 g/mol. The molecule has 2 nitrogen and oxygen atoms in total. The van der Waals surface area contributed by atoms with Crippen LogP contribution in [-0.4, -0.2) is 27.6 Å². The van der Waals surface area contributed by atoms with Crippen LogP contribution < -0.4 is 0 Å². The molecule has 0 spiro atoms. The van der Waals surface area contributed by atoms with Crippen LogP contribution in [-0.2, 0) is 33.3 Å². The third-order valence-electron chi connectivity index (χ3n) is 12.1. The first-order chi connectivity index (χ1) is 28.0. The zero-order valence-corrected chi connectivity index (χ0v) is 44.0. The van der Waals surface area contributed by atoms with Crippen LogP contribution in [0.5, 0.6) is 0 Å². The molecule has 2 aromatic carbocycles. The average Bonchev–Trinajstić information content (AvgIpc) is 3.19. The van der Waals surface area contributed by atoms with E-state index in [1.54, 1.807) is 0 Å². The largest absolute Gasteiger partial charge is 0.252 e. The third-order valence-corrected chi connectivity index (χ3v) is 15.6. The van der Waals surface area contributed by atoms with Crippen LogP contribution in [0.1, 0.15) is 205 Å². The molecule has 0 aliphatic heterocycles. The van der Waals surface area contributed by atoms with Crippen molar-refractivity contribution < 1.29 is 20.4 Å². The standard InChI is InChI=1S/C54H96N2Si2.Pd/c1-9-11-13-14-15-16-17-18-19-20-21-22-23-24-25-26-27-28-29-30-31-32-33-34-36-54(56-52-43-39-50(40-44-52)46-48-58(6,7)8)53(35-12-10-2)55-51-41-37-49(38-42-51)45-47-57(3,4)5;/h37-44H,9-36,45-48H2,1-8H3;. The molecular weight excluding hydrogens is 839 g/mol. The number of rotatable bonds is 37. The average molecular weight is 936 g/mol. The minimum absolute atomic E-state index is 0. The van der Waals surface area contributed by atoms with Crippen molar-refractivity contribution in [3.05, 3.63) is 59.7 Å². The molecule has 0 N–H and O–H groups in total. The third kappa shape index (κ3) is 32.2. The number of hydrogen-bond donors (Lipinski definition) is 0. The minimum atomic E-state index is -1.05. The van der Waals surface area contributed by atoms with Crippen molar-refractivity contribution in [3.8, 4) is 0 Å². The van der Waals surface area contributed by atoms with Crippen molar-refractivity contribution >= 4 is 38.9 Å². The molecule has 0 unspecified atom stereocenters. The maximum atomic E-state index is 5.36. The van der Waals surface area contributed by atoms with Crippen LogP contribution in [0, 0.1) is 0 Å². The van der Waals surface area contributed by atoms with E-state index in [1.807, 2.05) is 0 Å². The zero-order chi connectivity index (χ0) is 42.2. The molecule has 0 radical (unpaired) electrons. The van der Waals surface area contributed by atoms with E-state index in [0.29, 0.717) is 0 Å². The van der Waals surface area contributed by atoms with Crippen molar-refractivity contribution in [1.29, 1.82) is 0 Å². The summed E-state index contributed by atoms with van der Waals surface area (Å²) >= 11 is 0. The van der Waals surface area contributed by atoms with Crippen LogP contribution in [0.25, 0.3) is 0 Å². The van der Waals surface area contributed by atoms with E-state index in [2.05, 4.69) is 102 Å². The van der Waals surface area contributed by atoms with Crippen LogP contribution >= 0.6 is 0 Å². The van der Waals surface area contributed by atoms with Gasteiger partial charge in [-0.15, -0.1) is 0 Å². The Morgan fingerprint density at radius 1 is 0.356 bits per heavy atom. The van der Waals surface area contributed by atoms with E-state index in [-0.39, 0.29) is 20.4 Å². The molecule has 0 bridgehead atoms. The van der Waals surface area contributed by atoms with Gasteiger partial charge in [-0.05, 0) is 73.9 Å². The summed E-state index contributed by atoms with van der Waals surface area (Å²) in [5, 5.41) is 0. The fourth-order valence-corrected chi connectivity index (χ4v) is 10.0. The fourth-order valence-electron chi connectivity index (χ4n) is 7.95. The quantitative estimate of drug-likeness (QED) is 0.0366. The maximum absolute atomic E-state index is 5.36. The second kappa shape index (κ2) is 35.3. The van der Waals surface area contributed by atoms with E-state index >= 15 is 0 Å². The molecular formula is C54H96N2PdSi2. The topological polar surface area (TPSA) is 24.7 Å². The summed E-state index contributed by atoms with van der Waals surface area (Å²) in [7, 11) is -2.10. The van der Waals surface area contributed by atoms with Crippen molar-refractivity contribution in [2.45, 2.75) is 258 Å².